The van der Waals surface area contributed by atoms with Gasteiger partial charge in [0, 0.05) is 10.9 Å². The molecule has 0 saturated heterocycles. The van der Waals surface area contributed by atoms with Crippen LogP contribution in [0.15, 0.2) is 24.3 Å². The van der Waals surface area contributed by atoms with Crippen molar-refractivity contribution in [2.75, 3.05) is 0 Å². The van der Waals surface area contributed by atoms with Crippen molar-refractivity contribution in [1.82, 2.24) is 10.3 Å². The zero-order valence-electron chi connectivity index (χ0n) is 14.0. The monoisotopic (exact) mass is 328 g/mol. The van der Waals surface area contributed by atoms with Crippen molar-refractivity contribution in [3.05, 3.63) is 35.5 Å². The number of aliphatic carboxylic acids is 1. The van der Waals surface area contributed by atoms with Crippen LogP contribution in [0, 0.1) is 12.8 Å². The third-order valence-electron chi connectivity index (χ3n) is 5.02. The lowest BCUT2D eigenvalue weighted by Gasteiger charge is -2.24. The van der Waals surface area contributed by atoms with Crippen LogP contribution in [-0.4, -0.2) is 28.0 Å². The van der Waals surface area contributed by atoms with Crippen LogP contribution < -0.4 is 5.32 Å². The molecule has 24 heavy (non-hydrogen) atoms. The van der Waals surface area contributed by atoms with Crippen molar-refractivity contribution >= 4 is 22.8 Å². The molecule has 128 valence electrons. The lowest BCUT2D eigenvalue weighted by molar-refractivity contribution is -0.139. The number of aromatic amines is 1. The summed E-state index contributed by atoms with van der Waals surface area (Å²) >= 11 is 0. The van der Waals surface area contributed by atoms with Crippen LogP contribution in [0.3, 0.4) is 0 Å². The van der Waals surface area contributed by atoms with Gasteiger partial charge in [0.2, 0.25) is 0 Å². The molecule has 1 heterocycles. The molecular formula is C19H24N2O3. The maximum Gasteiger partial charge on any atom is 0.326 e. The number of hydrogen-bond donors (Lipinski definition) is 3. The van der Waals surface area contributed by atoms with E-state index in [0.717, 1.165) is 42.1 Å². The summed E-state index contributed by atoms with van der Waals surface area (Å²) in [5.41, 5.74) is 2.38. The van der Waals surface area contributed by atoms with E-state index in [4.69, 9.17) is 0 Å². The first-order valence-corrected chi connectivity index (χ1v) is 8.66. The number of nitrogens with one attached hydrogen (secondary N) is 2. The smallest absolute Gasteiger partial charge is 0.326 e. The molecule has 0 spiro atoms. The molecule has 5 heteroatoms. The third kappa shape index (κ3) is 3.61. The number of carbonyl (C=O) groups is 2. The number of carbonyl (C=O) groups excluding carboxylic acids is 1. The Balaban J connectivity index is 1.72. The van der Waals surface area contributed by atoms with Crippen molar-refractivity contribution in [2.24, 2.45) is 5.92 Å². The molecule has 5 nitrogen and oxygen atoms in total. The first-order chi connectivity index (χ1) is 11.5. The van der Waals surface area contributed by atoms with Crippen molar-refractivity contribution < 1.29 is 14.7 Å². The third-order valence-corrected chi connectivity index (χ3v) is 5.02. The average molecular weight is 328 g/mol. The molecule has 1 amide bonds. The van der Waals surface area contributed by atoms with E-state index in [0.29, 0.717) is 18.0 Å². The number of carboxylic acid groups (broad SMARTS) is 1. The van der Waals surface area contributed by atoms with Crippen LogP contribution in [0.1, 0.15) is 54.6 Å². The lowest BCUT2D eigenvalue weighted by Crippen LogP contribution is -2.42. The molecule has 1 aromatic carbocycles. The van der Waals surface area contributed by atoms with E-state index in [9.17, 15) is 14.7 Å². The maximum absolute atomic E-state index is 12.5. The fourth-order valence-corrected chi connectivity index (χ4v) is 3.64. The van der Waals surface area contributed by atoms with Gasteiger partial charge in [0.1, 0.15) is 11.7 Å². The van der Waals surface area contributed by atoms with Crippen LogP contribution in [0.4, 0.5) is 0 Å². The number of H-pyrrole nitrogens is 1. The average Bonchev–Trinajstić information content (AvgIpc) is 3.01. The molecule has 1 aliphatic rings. The Hall–Kier alpha value is -2.30. The van der Waals surface area contributed by atoms with E-state index in [1.54, 1.807) is 6.07 Å². The van der Waals surface area contributed by atoms with Gasteiger partial charge in [0.25, 0.3) is 5.91 Å². The SMILES string of the molecule is Cc1cccc2[nH]c(C(=O)N[C@@H](CC3CCCCC3)C(=O)O)cc12. The quantitative estimate of drug-likeness (QED) is 0.784. The van der Waals surface area contributed by atoms with Gasteiger partial charge < -0.3 is 15.4 Å². The number of benzene rings is 1. The molecular weight excluding hydrogens is 304 g/mol. The highest BCUT2D eigenvalue weighted by molar-refractivity contribution is 6.00. The highest BCUT2D eigenvalue weighted by Gasteiger charge is 2.26. The van der Waals surface area contributed by atoms with Gasteiger partial charge in [-0.15, -0.1) is 0 Å². The van der Waals surface area contributed by atoms with Crippen molar-refractivity contribution in [3.8, 4) is 0 Å². The molecule has 0 unspecified atom stereocenters. The second-order valence-electron chi connectivity index (χ2n) is 6.82. The fraction of sp³-hybridized carbons (Fsp3) is 0.474. The predicted octanol–water partition coefficient (Wildman–Crippen LogP) is 3.63. The number of fused-ring (bicyclic) bond motifs is 1. The summed E-state index contributed by atoms with van der Waals surface area (Å²) < 4.78 is 0. The Morgan fingerprint density at radius 1 is 1.29 bits per heavy atom. The molecule has 1 aromatic heterocycles. The van der Waals surface area contributed by atoms with Crippen LogP contribution >= 0.6 is 0 Å². The summed E-state index contributed by atoms with van der Waals surface area (Å²) in [6, 6.07) is 6.79. The van der Waals surface area contributed by atoms with Crippen LogP contribution in [0.2, 0.25) is 0 Å². The fourth-order valence-electron chi connectivity index (χ4n) is 3.64. The van der Waals surface area contributed by atoms with Crippen LogP contribution in [0.5, 0.6) is 0 Å². The summed E-state index contributed by atoms with van der Waals surface area (Å²) in [6.45, 7) is 1.99. The Morgan fingerprint density at radius 3 is 2.71 bits per heavy atom. The number of carboxylic acids is 1. The zero-order valence-corrected chi connectivity index (χ0v) is 14.0. The Bertz CT molecular complexity index is 744. The molecule has 0 aliphatic heterocycles. The van der Waals surface area contributed by atoms with Crippen LogP contribution in [0.25, 0.3) is 10.9 Å². The van der Waals surface area contributed by atoms with E-state index >= 15 is 0 Å². The van der Waals surface area contributed by atoms with Gasteiger partial charge in [-0.25, -0.2) is 4.79 Å². The summed E-state index contributed by atoms with van der Waals surface area (Å²) in [7, 11) is 0. The van der Waals surface area contributed by atoms with Gasteiger partial charge in [-0.1, -0.05) is 44.2 Å². The second-order valence-corrected chi connectivity index (χ2v) is 6.82. The molecule has 1 saturated carbocycles. The normalized spacial score (nSPS) is 16.9. The zero-order chi connectivity index (χ0) is 17.1. The molecule has 2 aromatic rings. The number of aryl methyl sites for hydroxylation is 1. The molecule has 1 aliphatic carbocycles. The molecule has 3 rings (SSSR count). The molecule has 3 N–H and O–H groups in total. The van der Waals surface area contributed by atoms with E-state index in [1.807, 2.05) is 25.1 Å². The maximum atomic E-state index is 12.5. The summed E-state index contributed by atoms with van der Waals surface area (Å²) in [6.07, 6.45) is 6.18. The highest BCUT2D eigenvalue weighted by atomic mass is 16.4. The summed E-state index contributed by atoms with van der Waals surface area (Å²) in [5.74, 6) is -0.917. The Kier molecular flexibility index (Phi) is 4.88. The van der Waals surface area contributed by atoms with Gasteiger partial charge >= 0.3 is 5.97 Å². The number of amides is 1. The number of rotatable bonds is 5. The first-order valence-electron chi connectivity index (χ1n) is 8.66. The van der Waals surface area contributed by atoms with Gasteiger partial charge in [0.05, 0.1) is 0 Å². The van der Waals surface area contributed by atoms with E-state index in [1.165, 1.54) is 6.42 Å². The Morgan fingerprint density at radius 2 is 2.04 bits per heavy atom. The standard InChI is InChI=1S/C19H24N2O3/c1-12-6-5-9-15-14(12)11-16(20-15)18(22)21-17(19(23)24)10-13-7-3-2-4-8-13/h5-6,9,11,13,17,20H,2-4,7-8,10H2,1H3,(H,21,22)(H,23,24)/t17-/m0/s1. The van der Waals surface area contributed by atoms with Gasteiger partial charge in [-0.3, -0.25) is 4.79 Å². The minimum atomic E-state index is -0.957. The minimum absolute atomic E-state index is 0.353. The number of aromatic nitrogens is 1. The second kappa shape index (κ2) is 7.07. The lowest BCUT2D eigenvalue weighted by atomic mass is 9.85. The van der Waals surface area contributed by atoms with E-state index in [-0.39, 0.29) is 5.91 Å². The first kappa shape index (κ1) is 16.6. The summed E-state index contributed by atoms with van der Waals surface area (Å²) in [4.78, 5) is 27.1. The molecule has 1 fully saturated rings. The minimum Gasteiger partial charge on any atom is -0.480 e. The van der Waals surface area contributed by atoms with Gasteiger partial charge in [0.15, 0.2) is 0 Å². The van der Waals surface area contributed by atoms with Gasteiger partial charge in [-0.2, -0.15) is 0 Å². The van der Waals surface area contributed by atoms with Gasteiger partial charge in [-0.05, 0) is 37.0 Å². The molecule has 0 radical (unpaired) electrons. The van der Waals surface area contributed by atoms with E-state index in [2.05, 4.69) is 10.3 Å². The predicted molar refractivity (Wildman–Crippen MR) is 93.1 cm³/mol. The van der Waals surface area contributed by atoms with Crippen LogP contribution in [-0.2, 0) is 4.79 Å². The molecule has 0 bridgehead atoms. The van der Waals surface area contributed by atoms with E-state index < -0.39 is 12.0 Å². The number of hydrogen-bond acceptors (Lipinski definition) is 2. The van der Waals surface area contributed by atoms with Crippen molar-refractivity contribution in [2.45, 2.75) is 51.5 Å². The van der Waals surface area contributed by atoms with Crippen molar-refractivity contribution in [3.63, 3.8) is 0 Å². The molecule has 1 atom stereocenters. The summed E-state index contributed by atoms with van der Waals surface area (Å²) in [5, 5.41) is 13.1. The van der Waals surface area contributed by atoms with Crippen molar-refractivity contribution in [1.29, 1.82) is 0 Å². The largest absolute Gasteiger partial charge is 0.480 e. The topological polar surface area (TPSA) is 82.2 Å². The highest BCUT2D eigenvalue weighted by Crippen LogP contribution is 2.27. The Labute approximate surface area is 141 Å².